The van der Waals surface area contributed by atoms with Crippen LogP contribution >= 0.6 is 0 Å². The first-order valence-corrected chi connectivity index (χ1v) is 8.99. The van der Waals surface area contributed by atoms with Crippen molar-refractivity contribution < 1.29 is 0 Å². The zero-order valence-electron chi connectivity index (χ0n) is 16.1. The van der Waals surface area contributed by atoms with Crippen molar-refractivity contribution in [3.05, 3.63) is 62.3 Å². The van der Waals surface area contributed by atoms with Crippen molar-refractivity contribution in [1.29, 1.82) is 0 Å². The Labute approximate surface area is 156 Å². The first-order valence-electron chi connectivity index (χ1n) is 8.99. The minimum atomic E-state index is -0.370. The van der Waals surface area contributed by atoms with Crippen LogP contribution in [0.15, 0.2) is 39.9 Å². The van der Waals surface area contributed by atoms with E-state index in [9.17, 15) is 9.59 Å². The minimum absolute atomic E-state index is 0.211. The molecule has 0 radical (unpaired) electrons. The number of nitrogens with zero attached hydrogens (tertiary/aromatic N) is 5. The lowest BCUT2D eigenvalue weighted by Crippen LogP contribution is -2.39. The summed E-state index contributed by atoms with van der Waals surface area (Å²) in [5, 5.41) is 0. The summed E-state index contributed by atoms with van der Waals surface area (Å²) in [6.45, 7) is 11.4. The molecule has 0 amide bonds. The first-order chi connectivity index (χ1) is 12.8. The van der Waals surface area contributed by atoms with Crippen LogP contribution in [0.2, 0.25) is 0 Å². The molecule has 0 saturated carbocycles. The zero-order chi connectivity index (χ0) is 19.5. The lowest BCUT2D eigenvalue weighted by atomic mass is 10.1. The molecule has 3 heterocycles. The number of hydrogen-bond donors (Lipinski definition) is 0. The number of aryl methyl sites for hydroxylation is 2. The van der Waals surface area contributed by atoms with Crippen LogP contribution in [0.25, 0.3) is 11.2 Å². The molecule has 0 aliphatic carbocycles. The van der Waals surface area contributed by atoms with Gasteiger partial charge in [0.2, 0.25) is 5.95 Å². The van der Waals surface area contributed by atoms with E-state index in [4.69, 9.17) is 0 Å². The summed E-state index contributed by atoms with van der Waals surface area (Å²) < 4.78 is 4.61. The summed E-state index contributed by atoms with van der Waals surface area (Å²) in [7, 11) is 1.66. The molecule has 0 fully saturated rings. The maximum Gasteiger partial charge on any atom is 0.332 e. The molecule has 7 nitrogen and oxygen atoms in total. The SMILES string of the molecule is C=C(C)Cn1c(=O)c2c(nc3n2CCN3c2cccc(C)c2C)n(C)c1=O. The smallest absolute Gasteiger partial charge is 0.310 e. The number of hydrogen-bond acceptors (Lipinski definition) is 4. The second-order valence-electron chi connectivity index (χ2n) is 7.30. The van der Waals surface area contributed by atoms with Crippen LogP contribution in [0.5, 0.6) is 0 Å². The molecule has 1 aliphatic heterocycles. The highest BCUT2D eigenvalue weighted by atomic mass is 16.2. The van der Waals surface area contributed by atoms with Gasteiger partial charge in [0.25, 0.3) is 5.56 Å². The summed E-state index contributed by atoms with van der Waals surface area (Å²) in [6, 6.07) is 6.17. The van der Waals surface area contributed by atoms with Gasteiger partial charge in [0.1, 0.15) is 0 Å². The number of fused-ring (bicyclic) bond motifs is 3. The summed E-state index contributed by atoms with van der Waals surface area (Å²) in [4.78, 5) is 32.5. The highest BCUT2D eigenvalue weighted by Gasteiger charge is 2.29. The van der Waals surface area contributed by atoms with Gasteiger partial charge >= 0.3 is 5.69 Å². The number of aromatic nitrogens is 4. The Morgan fingerprint density at radius 1 is 1.22 bits per heavy atom. The number of anilines is 2. The number of allylic oxidation sites excluding steroid dienone is 1. The van der Waals surface area contributed by atoms with Gasteiger partial charge in [-0.2, -0.15) is 4.98 Å². The summed E-state index contributed by atoms with van der Waals surface area (Å²) in [6.07, 6.45) is 0. The third kappa shape index (κ3) is 2.45. The van der Waals surface area contributed by atoms with Crippen LogP contribution in [0.3, 0.4) is 0 Å². The van der Waals surface area contributed by atoms with Gasteiger partial charge in [-0.15, -0.1) is 0 Å². The largest absolute Gasteiger partial charge is 0.332 e. The Morgan fingerprint density at radius 2 is 1.96 bits per heavy atom. The maximum absolute atomic E-state index is 13.1. The van der Waals surface area contributed by atoms with Crippen LogP contribution in [-0.2, 0) is 20.1 Å². The first kappa shape index (κ1) is 17.3. The Hall–Kier alpha value is -3.09. The van der Waals surface area contributed by atoms with E-state index < -0.39 is 0 Å². The highest BCUT2D eigenvalue weighted by molar-refractivity contribution is 5.78. The molecule has 0 bridgehead atoms. The van der Waals surface area contributed by atoms with E-state index in [2.05, 4.69) is 42.4 Å². The summed E-state index contributed by atoms with van der Waals surface area (Å²) >= 11 is 0. The van der Waals surface area contributed by atoms with Crippen molar-refractivity contribution >= 4 is 22.8 Å². The van der Waals surface area contributed by atoms with Crippen molar-refractivity contribution in [1.82, 2.24) is 18.7 Å². The van der Waals surface area contributed by atoms with Crippen molar-refractivity contribution in [2.24, 2.45) is 7.05 Å². The highest BCUT2D eigenvalue weighted by Crippen LogP contribution is 2.34. The van der Waals surface area contributed by atoms with Gasteiger partial charge in [0.15, 0.2) is 11.2 Å². The molecule has 7 heteroatoms. The lowest BCUT2D eigenvalue weighted by Gasteiger charge is -2.19. The Bertz CT molecular complexity index is 1210. The van der Waals surface area contributed by atoms with Gasteiger partial charge < -0.3 is 9.47 Å². The van der Waals surface area contributed by atoms with Crippen LogP contribution in [-0.4, -0.2) is 25.2 Å². The Morgan fingerprint density at radius 3 is 2.67 bits per heavy atom. The van der Waals surface area contributed by atoms with E-state index in [1.165, 1.54) is 20.3 Å². The summed E-state index contributed by atoms with van der Waals surface area (Å²) in [5.41, 5.74) is 4.45. The summed E-state index contributed by atoms with van der Waals surface area (Å²) in [5.74, 6) is 0.707. The zero-order valence-corrected chi connectivity index (χ0v) is 16.1. The Balaban J connectivity index is 1.98. The monoisotopic (exact) mass is 365 g/mol. The molecular weight excluding hydrogens is 342 g/mol. The second-order valence-corrected chi connectivity index (χ2v) is 7.30. The molecule has 0 saturated heterocycles. The molecule has 27 heavy (non-hydrogen) atoms. The lowest BCUT2D eigenvalue weighted by molar-refractivity contribution is 0.647. The third-order valence-corrected chi connectivity index (χ3v) is 5.30. The van der Waals surface area contributed by atoms with E-state index in [1.807, 2.05) is 10.6 Å². The molecule has 1 aliphatic rings. The average Bonchev–Trinajstić information content (AvgIpc) is 3.18. The van der Waals surface area contributed by atoms with Crippen molar-refractivity contribution in [3.63, 3.8) is 0 Å². The molecule has 140 valence electrons. The minimum Gasteiger partial charge on any atom is -0.310 e. The van der Waals surface area contributed by atoms with Gasteiger partial charge in [-0.3, -0.25) is 13.9 Å². The van der Waals surface area contributed by atoms with E-state index in [0.29, 0.717) is 23.7 Å². The predicted molar refractivity (Wildman–Crippen MR) is 107 cm³/mol. The molecule has 2 aromatic heterocycles. The molecule has 1 aromatic carbocycles. The van der Waals surface area contributed by atoms with Crippen molar-refractivity contribution in [2.75, 3.05) is 11.4 Å². The standard InChI is InChI=1S/C20H23N5O2/c1-12(2)11-25-18(26)16-17(22(5)20(25)27)21-19-23(9-10-24(16)19)15-8-6-7-13(3)14(15)4/h6-8H,1,9-11H2,2-5H3. The fourth-order valence-corrected chi connectivity index (χ4v) is 3.74. The van der Waals surface area contributed by atoms with E-state index >= 15 is 0 Å². The Kier molecular flexibility index (Phi) is 3.83. The molecule has 0 unspecified atom stereocenters. The van der Waals surface area contributed by atoms with Gasteiger partial charge in [-0.1, -0.05) is 24.3 Å². The van der Waals surface area contributed by atoms with E-state index in [1.54, 1.807) is 14.0 Å². The van der Waals surface area contributed by atoms with Crippen LogP contribution in [0.1, 0.15) is 18.1 Å². The van der Waals surface area contributed by atoms with E-state index in [-0.39, 0.29) is 17.8 Å². The van der Waals surface area contributed by atoms with Gasteiger partial charge in [0.05, 0.1) is 6.54 Å². The molecule has 0 atom stereocenters. The van der Waals surface area contributed by atoms with Gasteiger partial charge in [-0.05, 0) is 38.0 Å². The molecule has 4 rings (SSSR count). The quantitative estimate of drug-likeness (QED) is 0.668. The number of imidazole rings is 1. The maximum atomic E-state index is 13.1. The molecular formula is C20H23N5O2. The van der Waals surface area contributed by atoms with Crippen LogP contribution < -0.4 is 16.1 Å². The van der Waals surface area contributed by atoms with Crippen molar-refractivity contribution in [2.45, 2.75) is 33.9 Å². The second kappa shape index (κ2) is 5.97. The van der Waals surface area contributed by atoms with Crippen LogP contribution in [0, 0.1) is 13.8 Å². The topological polar surface area (TPSA) is 65.1 Å². The average molecular weight is 365 g/mol. The predicted octanol–water partition coefficient (Wildman–Crippen LogP) is 2.24. The number of rotatable bonds is 3. The molecule has 0 spiro atoms. The number of benzene rings is 1. The van der Waals surface area contributed by atoms with E-state index in [0.717, 1.165) is 17.8 Å². The van der Waals surface area contributed by atoms with Crippen LogP contribution in [0.4, 0.5) is 11.6 Å². The third-order valence-electron chi connectivity index (χ3n) is 5.30. The fraction of sp³-hybridized carbons (Fsp3) is 0.350. The van der Waals surface area contributed by atoms with Gasteiger partial charge in [0, 0.05) is 25.8 Å². The fourth-order valence-electron chi connectivity index (χ4n) is 3.74. The molecule has 0 N–H and O–H groups in total. The van der Waals surface area contributed by atoms with Gasteiger partial charge in [-0.25, -0.2) is 4.79 Å². The molecule has 3 aromatic rings. The normalized spacial score (nSPS) is 13.4. The van der Waals surface area contributed by atoms with Crippen molar-refractivity contribution in [3.8, 4) is 0 Å².